The normalized spacial score (nSPS) is 55.3. The number of rotatable bonds is 0. The Kier molecular flexibility index (Phi) is 3.20. The molecule has 1 unspecified atom stereocenters. The lowest BCUT2D eigenvalue weighted by molar-refractivity contribution is -0.0603. The van der Waals surface area contributed by atoms with Crippen LogP contribution in [0.3, 0.4) is 0 Å². The molecule has 0 saturated heterocycles. The molecule has 4 N–H and O–H groups in total. The number of fused-ring (bicyclic) bond motifs is 5. The van der Waals surface area contributed by atoms with Crippen LogP contribution in [0.4, 0.5) is 4.39 Å². The van der Waals surface area contributed by atoms with Gasteiger partial charge in [0.25, 0.3) is 0 Å². The summed E-state index contributed by atoms with van der Waals surface area (Å²) in [6, 6.07) is -0.335. The zero-order chi connectivity index (χ0) is 16.6. The molecule has 3 saturated carbocycles. The first-order valence-corrected chi connectivity index (χ1v) is 9.00. The molecule has 0 aromatic rings. The summed E-state index contributed by atoms with van der Waals surface area (Å²) in [6.07, 6.45) is 7.47. The van der Waals surface area contributed by atoms with Gasteiger partial charge in [0.15, 0.2) is 11.5 Å². The first-order valence-electron chi connectivity index (χ1n) is 9.00. The lowest BCUT2D eigenvalue weighted by Crippen LogP contribution is -2.53. The molecule has 0 heterocycles. The number of alkyl halides is 1. The van der Waals surface area contributed by atoms with Gasteiger partial charge in [0, 0.05) is 6.04 Å². The highest BCUT2D eigenvalue weighted by Gasteiger charge is 2.61. The molecule has 3 nitrogen and oxygen atoms in total. The summed E-state index contributed by atoms with van der Waals surface area (Å²) in [5, 5.41) is 19.9. The molecule has 4 aliphatic rings. The summed E-state index contributed by atoms with van der Waals surface area (Å²) in [5.41, 5.74) is 6.00. The summed E-state index contributed by atoms with van der Waals surface area (Å²) < 4.78 is 14.3. The maximum Gasteiger partial charge on any atom is 0.153 e. The number of hydrogen-bond donors (Lipinski definition) is 3. The summed E-state index contributed by atoms with van der Waals surface area (Å²) in [4.78, 5) is 0. The van der Waals surface area contributed by atoms with Crippen molar-refractivity contribution in [2.75, 3.05) is 0 Å². The quantitative estimate of drug-likeness (QED) is 0.631. The van der Waals surface area contributed by atoms with E-state index in [1.165, 1.54) is 0 Å². The van der Waals surface area contributed by atoms with Gasteiger partial charge in [-0.3, -0.25) is 0 Å². The minimum absolute atomic E-state index is 0.00391. The monoisotopic (exact) mass is 321 g/mol. The van der Waals surface area contributed by atoms with Gasteiger partial charge in [-0.1, -0.05) is 13.8 Å². The van der Waals surface area contributed by atoms with E-state index in [4.69, 9.17) is 5.73 Å². The molecule has 4 rings (SSSR count). The van der Waals surface area contributed by atoms with E-state index in [0.29, 0.717) is 24.2 Å². The molecule has 0 aliphatic heterocycles. The molecule has 0 bridgehead atoms. The van der Waals surface area contributed by atoms with E-state index in [1.807, 2.05) is 12.2 Å². The van der Waals surface area contributed by atoms with Gasteiger partial charge in [0.2, 0.25) is 0 Å². The highest BCUT2D eigenvalue weighted by atomic mass is 19.1. The Morgan fingerprint density at radius 2 is 1.87 bits per heavy atom. The van der Waals surface area contributed by atoms with Crippen molar-refractivity contribution in [3.8, 4) is 0 Å². The number of nitrogens with two attached hydrogens (primary N) is 1. The van der Waals surface area contributed by atoms with Gasteiger partial charge < -0.3 is 15.9 Å². The SMILES string of the molecule is C[C@]12CC[C@H]3[C@@H](CCC4C=C(O)C(O)=C[C@@]43C)[C@@H]1C[C@@H](F)[C@H]2N. The van der Waals surface area contributed by atoms with Crippen LogP contribution in [0.2, 0.25) is 0 Å². The molecule has 128 valence electrons. The van der Waals surface area contributed by atoms with Crippen LogP contribution in [0.15, 0.2) is 23.7 Å². The van der Waals surface area contributed by atoms with Crippen molar-refractivity contribution in [3.63, 3.8) is 0 Å². The molecule has 0 aromatic carbocycles. The number of hydrogen-bond acceptors (Lipinski definition) is 3. The fraction of sp³-hybridized carbons (Fsp3) is 0.789. The van der Waals surface area contributed by atoms with Crippen LogP contribution < -0.4 is 5.73 Å². The fourth-order valence-corrected chi connectivity index (χ4v) is 6.55. The standard InChI is InChI=1S/C19H28FNO2/c1-18-6-5-12-11(13(18)8-14(20)17(18)21)4-3-10-7-15(22)16(23)9-19(10,12)2/h7,9-14,17,22-23H,3-6,8,21H2,1-2H3/t10?,11-,12+,13+,14-,17-,18+,19+/m1/s1. The Balaban J connectivity index is 1.70. The topological polar surface area (TPSA) is 66.5 Å². The zero-order valence-corrected chi connectivity index (χ0v) is 14.0. The minimum Gasteiger partial charge on any atom is -0.504 e. The molecule has 0 radical (unpaired) electrons. The van der Waals surface area contributed by atoms with E-state index >= 15 is 0 Å². The molecule has 0 aromatic heterocycles. The third-order valence-electron chi connectivity index (χ3n) is 7.98. The summed E-state index contributed by atoms with van der Waals surface area (Å²) >= 11 is 0. The van der Waals surface area contributed by atoms with Crippen LogP contribution in [0.1, 0.15) is 46.0 Å². The van der Waals surface area contributed by atoms with Crippen molar-refractivity contribution in [3.05, 3.63) is 23.7 Å². The third-order valence-corrected chi connectivity index (χ3v) is 7.98. The van der Waals surface area contributed by atoms with Crippen molar-refractivity contribution < 1.29 is 14.6 Å². The van der Waals surface area contributed by atoms with E-state index in [2.05, 4.69) is 13.8 Å². The van der Waals surface area contributed by atoms with E-state index in [9.17, 15) is 14.6 Å². The predicted octanol–water partition coefficient (Wildman–Crippen LogP) is 4.02. The van der Waals surface area contributed by atoms with Gasteiger partial charge in [-0.05, 0) is 78.8 Å². The van der Waals surface area contributed by atoms with Gasteiger partial charge in [0.05, 0.1) is 0 Å². The van der Waals surface area contributed by atoms with E-state index in [0.717, 1.165) is 25.7 Å². The van der Waals surface area contributed by atoms with Crippen molar-refractivity contribution >= 4 is 0 Å². The fourth-order valence-electron chi connectivity index (χ4n) is 6.55. The predicted molar refractivity (Wildman–Crippen MR) is 87.6 cm³/mol. The van der Waals surface area contributed by atoms with E-state index in [-0.39, 0.29) is 34.3 Å². The van der Waals surface area contributed by atoms with Crippen molar-refractivity contribution in [1.29, 1.82) is 0 Å². The Morgan fingerprint density at radius 1 is 1.13 bits per heavy atom. The lowest BCUT2D eigenvalue weighted by atomic mass is 9.47. The average Bonchev–Trinajstić information content (AvgIpc) is 2.73. The Labute approximate surface area is 137 Å². The van der Waals surface area contributed by atoms with Crippen LogP contribution in [-0.2, 0) is 0 Å². The van der Waals surface area contributed by atoms with Crippen LogP contribution in [-0.4, -0.2) is 22.4 Å². The zero-order valence-electron chi connectivity index (χ0n) is 14.0. The summed E-state index contributed by atoms with van der Waals surface area (Å²) in [7, 11) is 0. The second-order valence-electron chi connectivity index (χ2n) is 8.83. The highest BCUT2D eigenvalue weighted by molar-refractivity contribution is 5.31. The Hall–Kier alpha value is -1.03. The molecular formula is C19H28FNO2. The van der Waals surface area contributed by atoms with Crippen molar-refractivity contribution in [1.82, 2.24) is 0 Å². The van der Waals surface area contributed by atoms with Crippen LogP contribution in [0.5, 0.6) is 0 Å². The smallest absolute Gasteiger partial charge is 0.153 e. The summed E-state index contributed by atoms with van der Waals surface area (Å²) in [6.45, 7) is 4.39. The average molecular weight is 321 g/mol. The first-order chi connectivity index (χ1) is 10.8. The number of allylic oxidation sites excluding steroid dienone is 2. The van der Waals surface area contributed by atoms with Gasteiger partial charge in [-0.2, -0.15) is 0 Å². The van der Waals surface area contributed by atoms with Crippen molar-refractivity contribution in [2.24, 2.45) is 40.2 Å². The summed E-state index contributed by atoms with van der Waals surface area (Å²) in [5.74, 6) is 1.53. The molecule has 0 amide bonds. The highest BCUT2D eigenvalue weighted by Crippen LogP contribution is 2.65. The number of aliphatic hydroxyl groups excluding tert-OH is 2. The minimum atomic E-state index is -0.881. The molecule has 0 spiro atoms. The first kappa shape index (κ1) is 15.5. The largest absolute Gasteiger partial charge is 0.504 e. The van der Waals surface area contributed by atoms with Gasteiger partial charge in [-0.25, -0.2) is 4.39 Å². The molecule has 23 heavy (non-hydrogen) atoms. The Bertz CT molecular complexity index is 588. The van der Waals surface area contributed by atoms with Gasteiger partial charge in [0.1, 0.15) is 6.17 Å². The number of halogens is 1. The lowest BCUT2D eigenvalue weighted by Gasteiger charge is -2.58. The van der Waals surface area contributed by atoms with Crippen LogP contribution in [0.25, 0.3) is 0 Å². The van der Waals surface area contributed by atoms with E-state index < -0.39 is 6.17 Å². The third kappa shape index (κ3) is 1.90. The molecular weight excluding hydrogens is 293 g/mol. The molecule has 4 heteroatoms. The molecule has 8 atom stereocenters. The van der Waals surface area contributed by atoms with E-state index in [1.54, 1.807) is 0 Å². The maximum absolute atomic E-state index is 14.3. The Morgan fingerprint density at radius 3 is 2.61 bits per heavy atom. The van der Waals surface area contributed by atoms with Crippen LogP contribution >= 0.6 is 0 Å². The molecule has 3 fully saturated rings. The second kappa shape index (κ2) is 4.75. The maximum atomic E-state index is 14.3. The second-order valence-corrected chi connectivity index (χ2v) is 8.83. The van der Waals surface area contributed by atoms with Crippen molar-refractivity contribution in [2.45, 2.75) is 58.2 Å². The molecule has 4 aliphatic carbocycles. The van der Waals surface area contributed by atoms with Gasteiger partial charge in [-0.15, -0.1) is 0 Å². The van der Waals surface area contributed by atoms with Gasteiger partial charge >= 0.3 is 0 Å². The number of aliphatic hydroxyl groups is 2. The van der Waals surface area contributed by atoms with Crippen LogP contribution in [0, 0.1) is 34.5 Å².